The van der Waals surface area contributed by atoms with Crippen molar-refractivity contribution in [2.24, 2.45) is 0 Å². The zero-order valence-corrected chi connectivity index (χ0v) is 10.1. The highest BCUT2D eigenvalue weighted by Gasteiger charge is 2.28. The first-order valence-corrected chi connectivity index (χ1v) is 5.37. The van der Waals surface area contributed by atoms with Gasteiger partial charge in [-0.05, 0) is 34.1 Å². The number of rotatable bonds is 4. The van der Waals surface area contributed by atoms with Crippen LogP contribution in [0, 0.1) is 5.82 Å². The number of carbonyl (C=O) groups excluding carboxylic acids is 1. The van der Waals surface area contributed by atoms with Gasteiger partial charge in [-0.3, -0.25) is 4.79 Å². The summed E-state index contributed by atoms with van der Waals surface area (Å²) in [6, 6.07) is 3.27. The third kappa shape index (κ3) is 4.01. The Labute approximate surface area is 104 Å². The normalized spacial score (nSPS) is 11.4. The zero-order valence-electron chi connectivity index (χ0n) is 8.51. The molecule has 1 aromatic carbocycles. The third-order valence-corrected chi connectivity index (χ3v) is 2.57. The monoisotopic (exact) mass is 311 g/mol. The van der Waals surface area contributed by atoms with Gasteiger partial charge in [0.2, 0.25) is 0 Å². The van der Waals surface area contributed by atoms with E-state index in [2.05, 4.69) is 15.9 Å². The largest absolute Gasteiger partial charge is 0.390 e. The maximum Gasteiger partial charge on any atom is 0.287 e. The fourth-order valence-corrected chi connectivity index (χ4v) is 1.57. The van der Waals surface area contributed by atoms with Crippen LogP contribution in [-0.2, 0) is 0 Å². The van der Waals surface area contributed by atoms with Gasteiger partial charge in [0, 0.05) is 4.47 Å². The fraction of sp³-hybridized carbons (Fsp3) is 0.300. The number of alkyl halides is 2. The smallest absolute Gasteiger partial charge is 0.287 e. The summed E-state index contributed by atoms with van der Waals surface area (Å²) in [7, 11) is 0. The summed E-state index contributed by atoms with van der Waals surface area (Å²) in [5, 5.41) is 10.3. The van der Waals surface area contributed by atoms with Crippen LogP contribution < -0.4 is 5.32 Å². The Kier molecular flexibility index (Phi) is 4.53. The molecular weight excluding hydrogens is 303 g/mol. The number of aliphatic hydroxyl groups is 1. The van der Waals surface area contributed by atoms with E-state index in [9.17, 15) is 18.0 Å². The van der Waals surface area contributed by atoms with E-state index < -0.39 is 30.8 Å². The highest BCUT2D eigenvalue weighted by atomic mass is 79.9. The van der Waals surface area contributed by atoms with Crippen molar-refractivity contribution in [3.63, 3.8) is 0 Å². The van der Waals surface area contributed by atoms with Gasteiger partial charge in [0.05, 0.1) is 12.1 Å². The van der Waals surface area contributed by atoms with Crippen molar-refractivity contribution < 1.29 is 23.1 Å². The van der Waals surface area contributed by atoms with Crippen molar-refractivity contribution in [1.29, 1.82) is 0 Å². The Bertz CT molecular complexity index is 426. The Hall–Kier alpha value is -1.08. The van der Waals surface area contributed by atoms with Gasteiger partial charge in [-0.15, -0.1) is 0 Å². The number of hydrogen-bond acceptors (Lipinski definition) is 2. The molecule has 94 valence electrons. The van der Waals surface area contributed by atoms with Crippen LogP contribution in [0.4, 0.5) is 13.2 Å². The van der Waals surface area contributed by atoms with Gasteiger partial charge in [-0.1, -0.05) is 0 Å². The lowest BCUT2D eigenvalue weighted by atomic mass is 10.2. The highest BCUT2D eigenvalue weighted by Crippen LogP contribution is 2.18. The number of halogens is 4. The minimum atomic E-state index is -3.37. The van der Waals surface area contributed by atoms with Crippen LogP contribution in [0.3, 0.4) is 0 Å². The van der Waals surface area contributed by atoms with Crippen LogP contribution >= 0.6 is 15.9 Å². The van der Waals surface area contributed by atoms with Crippen LogP contribution in [0.15, 0.2) is 22.7 Å². The van der Waals surface area contributed by atoms with E-state index in [1.807, 2.05) is 5.32 Å². The van der Waals surface area contributed by atoms with Crippen molar-refractivity contribution in [1.82, 2.24) is 5.32 Å². The molecule has 2 N–H and O–H groups in total. The predicted octanol–water partition coefficient (Wildman–Crippen LogP) is 1.95. The molecule has 0 aliphatic rings. The van der Waals surface area contributed by atoms with E-state index in [1.165, 1.54) is 6.07 Å². The molecular formula is C10H9BrF3NO2. The van der Waals surface area contributed by atoms with E-state index >= 15 is 0 Å². The van der Waals surface area contributed by atoms with Crippen LogP contribution in [0.1, 0.15) is 10.4 Å². The van der Waals surface area contributed by atoms with E-state index in [0.29, 0.717) is 0 Å². The molecule has 3 nitrogen and oxygen atoms in total. The number of aliphatic hydroxyl groups excluding tert-OH is 1. The number of carbonyl (C=O) groups is 1. The molecule has 0 saturated heterocycles. The molecule has 0 aliphatic carbocycles. The molecule has 0 radical (unpaired) electrons. The maximum atomic E-state index is 12.7. The second kappa shape index (κ2) is 5.50. The lowest BCUT2D eigenvalue weighted by molar-refractivity contribution is -0.0462. The van der Waals surface area contributed by atoms with Crippen molar-refractivity contribution in [3.8, 4) is 0 Å². The van der Waals surface area contributed by atoms with Gasteiger partial charge in [0.1, 0.15) is 12.4 Å². The number of amides is 1. The molecule has 0 aliphatic heterocycles. The Morgan fingerprint density at radius 3 is 2.65 bits per heavy atom. The Balaban J connectivity index is 2.71. The molecule has 0 fully saturated rings. The molecule has 1 amide bonds. The Morgan fingerprint density at radius 1 is 1.47 bits per heavy atom. The lowest BCUT2D eigenvalue weighted by Gasteiger charge is -2.14. The first kappa shape index (κ1) is 14.0. The number of nitrogens with one attached hydrogen (secondary N) is 1. The van der Waals surface area contributed by atoms with Gasteiger partial charge < -0.3 is 10.4 Å². The Morgan fingerprint density at radius 2 is 2.12 bits per heavy atom. The standard InChI is InChI=1S/C10H9BrF3NO2/c11-8-3-6(12)1-2-7(8)9(17)15-4-10(13,14)5-16/h1-3,16H,4-5H2,(H,15,17). The highest BCUT2D eigenvalue weighted by molar-refractivity contribution is 9.10. The van der Waals surface area contributed by atoms with Crippen molar-refractivity contribution in [2.75, 3.05) is 13.2 Å². The topological polar surface area (TPSA) is 49.3 Å². The zero-order chi connectivity index (χ0) is 13.1. The summed E-state index contributed by atoms with van der Waals surface area (Å²) in [6.07, 6.45) is 0. The van der Waals surface area contributed by atoms with Crippen molar-refractivity contribution in [3.05, 3.63) is 34.1 Å². The summed E-state index contributed by atoms with van der Waals surface area (Å²) in [5.74, 6) is -4.69. The van der Waals surface area contributed by atoms with Gasteiger partial charge in [-0.25, -0.2) is 13.2 Å². The fourth-order valence-electron chi connectivity index (χ4n) is 1.03. The van der Waals surface area contributed by atoms with Gasteiger partial charge in [-0.2, -0.15) is 0 Å². The van der Waals surface area contributed by atoms with Gasteiger partial charge in [0.15, 0.2) is 0 Å². The first-order chi connectivity index (χ1) is 7.85. The molecule has 7 heteroatoms. The van der Waals surface area contributed by atoms with Crippen LogP contribution in [0.25, 0.3) is 0 Å². The van der Waals surface area contributed by atoms with Gasteiger partial charge in [0.25, 0.3) is 11.8 Å². The van der Waals surface area contributed by atoms with Crippen LogP contribution in [0.5, 0.6) is 0 Å². The van der Waals surface area contributed by atoms with E-state index in [-0.39, 0.29) is 10.0 Å². The molecule has 0 bridgehead atoms. The molecule has 1 rings (SSSR count). The van der Waals surface area contributed by atoms with E-state index in [1.54, 1.807) is 0 Å². The quantitative estimate of drug-likeness (QED) is 0.893. The van der Waals surface area contributed by atoms with Crippen LogP contribution in [-0.4, -0.2) is 30.1 Å². The van der Waals surface area contributed by atoms with Gasteiger partial charge >= 0.3 is 0 Å². The van der Waals surface area contributed by atoms with Crippen molar-refractivity contribution in [2.45, 2.75) is 5.92 Å². The summed E-state index contributed by atoms with van der Waals surface area (Å²) in [6.45, 7) is -2.33. The molecule has 1 aromatic rings. The summed E-state index contributed by atoms with van der Waals surface area (Å²) >= 11 is 2.95. The second-order valence-electron chi connectivity index (χ2n) is 3.32. The van der Waals surface area contributed by atoms with Crippen LogP contribution in [0.2, 0.25) is 0 Å². The van der Waals surface area contributed by atoms with Crippen molar-refractivity contribution >= 4 is 21.8 Å². The molecule has 17 heavy (non-hydrogen) atoms. The third-order valence-electron chi connectivity index (χ3n) is 1.91. The maximum absolute atomic E-state index is 12.7. The molecule has 0 saturated carbocycles. The number of benzene rings is 1. The second-order valence-corrected chi connectivity index (χ2v) is 4.18. The molecule has 0 aromatic heterocycles. The summed E-state index contributed by atoms with van der Waals surface area (Å²) in [4.78, 5) is 11.5. The minimum Gasteiger partial charge on any atom is -0.390 e. The molecule has 0 spiro atoms. The predicted molar refractivity (Wildman–Crippen MR) is 58.5 cm³/mol. The molecule has 0 heterocycles. The number of hydrogen-bond donors (Lipinski definition) is 2. The lowest BCUT2D eigenvalue weighted by Crippen LogP contribution is -2.39. The average Bonchev–Trinajstić information content (AvgIpc) is 2.26. The average molecular weight is 312 g/mol. The molecule has 0 unspecified atom stereocenters. The first-order valence-electron chi connectivity index (χ1n) is 4.57. The minimum absolute atomic E-state index is 0.0418. The van der Waals surface area contributed by atoms with E-state index in [0.717, 1.165) is 12.1 Å². The SMILES string of the molecule is O=C(NCC(F)(F)CO)c1ccc(F)cc1Br. The van der Waals surface area contributed by atoms with E-state index in [4.69, 9.17) is 5.11 Å². The summed E-state index contributed by atoms with van der Waals surface area (Å²) in [5.41, 5.74) is 0.0418. The summed E-state index contributed by atoms with van der Waals surface area (Å²) < 4.78 is 38.2. The molecule has 0 atom stereocenters.